The van der Waals surface area contributed by atoms with Gasteiger partial charge in [0, 0.05) is 50.6 Å². The third-order valence-corrected chi connectivity index (χ3v) is 7.02. The van der Waals surface area contributed by atoms with Crippen LogP contribution in [0.2, 0.25) is 0 Å². The highest BCUT2D eigenvalue weighted by Crippen LogP contribution is 2.17. The third kappa shape index (κ3) is 4.02. The molecular weight excluding hydrogens is 390 g/mol. The van der Waals surface area contributed by atoms with Crippen LogP contribution in [0.15, 0.2) is 64.5 Å². The number of likely N-dealkylation sites (N-methyl/N-ethyl adjacent to an activating group) is 1. The lowest BCUT2D eigenvalue weighted by molar-refractivity contribution is 0.222. The number of hydrogen-bond acceptors (Lipinski definition) is 5. The predicted octanol–water partition coefficient (Wildman–Crippen LogP) is 1.09. The average molecular weight is 414 g/mol. The van der Waals surface area contributed by atoms with Crippen molar-refractivity contribution in [1.82, 2.24) is 24.0 Å². The number of aromatic amines is 1. The van der Waals surface area contributed by atoms with Gasteiger partial charge in [-0.05, 0) is 24.7 Å². The van der Waals surface area contributed by atoms with Crippen LogP contribution in [0.3, 0.4) is 0 Å². The summed E-state index contributed by atoms with van der Waals surface area (Å²) >= 11 is 0. The fourth-order valence-electron chi connectivity index (χ4n) is 3.35. The topological polar surface area (TPSA) is 91.3 Å². The number of rotatable bonds is 5. The van der Waals surface area contributed by atoms with E-state index in [2.05, 4.69) is 15.0 Å². The first-order valence-corrected chi connectivity index (χ1v) is 10.9. The van der Waals surface area contributed by atoms with Gasteiger partial charge in [0.15, 0.2) is 5.82 Å². The second-order valence-corrected chi connectivity index (χ2v) is 9.10. The summed E-state index contributed by atoms with van der Waals surface area (Å²) in [5, 5.41) is 2.91. The van der Waals surface area contributed by atoms with E-state index in [-0.39, 0.29) is 10.5 Å². The second-order valence-electron chi connectivity index (χ2n) is 7.16. The van der Waals surface area contributed by atoms with Crippen molar-refractivity contribution < 1.29 is 8.42 Å². The van der Waals surface area contributed by atoms with E-state index in [9.17, 15) is 13.2 Å². The lowest BCUT2D eigenvalue weighted by Crippen LogP contribution is -2.47. The molecule has 3 aromatic rings. The summed E-state index contributed by atoms with van der Waals surface area (Å²) in [5.74, 6) is 0.353. The molecule has 29 heavy (non-hydrogen) atoms. The molecule has 0 radical (unpaired) electrons. The van der Waals surface area contributed by atoms with Crippen molar-refractivity contribution in [1.29, 1.82) is 0 Å². The third-order valence-electron chi connectivity index (χ3n) is 5.13. The number of sulfonamides is 1. The molecule has 0 atom stereocenters. The van der Waals surface area contributed by atoms with Crippen molar-refractivity contribution >= 4 is 10.0 Å². The number of hydrogen-bond donors (Lipinski definition) is 1. The summed E-state index contributed by atoms with van der Waals surface area (Å²) in [6, 6.07) is 12.8. The first-order chi connectivity index (χ1) is 13.9. The van der Waals surface area contributed by atoms with Gasteiger partial charge in [-0.25, -0.2) is 18.1 Å². The van der Waals surface area contributed by atoms with Gasteiger partial charge in [-0.2, -0.15) is 4.31 Å². The Morgan fingerprint density at radius 2 is 1.76 bits per heavy atom. The van der Waals surface area contributed by atoms with Crippen molar-refractivity contribution in [2.75, 3.05) is 33.2 Å². The molecule has 0 amide bonds. The van der Waals surface area contributed by atoms with E-state index >= 15 is 0 Å². The Kier molecular flexibility index (Phi) is 5.35. The normalized spacial score (nSPS) is 16.2. The van der Waals surface area contributed by atoms with Gasteiger partial charge >= 0.3 is 0 Å². The van der Waals surface area contributed by atoms with Crippen LogP contribution in [0.25, 0.3) is 5.82 Å². The molecule has 0 saturated carbocycles. The van der Waals surface area contributed by atoms with E-state index < -0.39 is 10.0 Å². The molecule has 152 valence electrons. The number of pyridine rings is 1. The molecule has 2 aromatic heterocycles. The molecular formula is C20H23N5O3S. The van der Waals surface area contributed by atoms with Crippen molar-refractivity contribution in [2.45, 2.75) is 11.3 Å². The summed E-state index contributed by atoms with van der Waals surface area (Å²) < 4.78 is 28.4. The fraction of sp³-hybridized carbons (Fsp3) is 0.300. The van der Waals surface area contributed by atoms with Crippen molar-refractivity contribution in [2.24, 2.45) is 0 Å². The second kappa shape index (κ2) is 7.94. The van der Waals surface area contributed by atoms with Gasteiger partial charge in [0.1, 0.15) is 4.90 Å². The molecule has 1 aliphatic heterocycles. The highest BCUT2D eigenvalue weighted by Gasteiger charge is 2.27. The van der Waals surface area contributed by atoms with Gasteiger partial charge in [0.05, 0.1) is 0 Å². The molecule has 0 bridgehead atoms. The standard InChI is InChI=1S/C20H23N5O3S/c1-23-9-11-24(12-10-23)29(27,28)18-7-8-19(21-15-18)25-20(26)17(14-22-25)13-16-5-3-2-4-6-16/h2-8,14-15,22H,9-13H2,1H3. The minimum absolute atomic E-state index is 0.134. The molecule has 1 N–H and O–H groups in total. The average Bonchev–Trinajstić information content (AvgIpc) is 3.09. The predicted molar refractivity (Wildman–Crippen MR) is 110 cm³/mol. The molecule has 1 aliphatic rings. The van der Waals surface area contributed by atoms with Gasteiger partial charge in [-0.3, -0.25) is 9.89 Å². The largest absolute Gasteiger partial charge is 0.304 e. The van der Waals surface area contributed by atoms with E-state index in [1.807, 2.05) is 37.4 Å². The van der Waals surface area contributed by atoms with Gasteiger partial charge in [-0.1, -0.05) is 30.3 Å². The Balaban J connectivity index is 1.55. The van der Waals surface area contributed by atoms with Crippen molar-refractivity contribution in [3.8, 4) is 5.82 Å². The summed E-state index contributed by atoms with van der Waals surface area (Å²) in [6.07, 6.45) is 3.48. The minimum Gasteiger partial charge on any atom is -0.304 e. The number of nitrogens with zero attached hydrogens (tertiary/aromatic N) is 4. The van der Waals surface area contributed by atoms with E-state index in [4.69, 9.17) is 0 Å². The fourth-order valence-corrected chi connectivity index (χ4v) is 4.72. The maximum Gasteiger partial charge on any atom is 0.276 e. The van der Waals surface area contributed by atoms with Crippen LogP contribution >= 0.6 is 0 Å². The zero-order chi connectivity index (χ0) is 20.4. The van der Waals surface area contributed by atoms with Crippen LogP contribution in [0.5, 0.6) is 0 Å². The number of benzene rings is 1. The van der Waals surface area contributed by atoms with Crippen LogP contribution in [0.1, 0.15) is 11.1 Å². The molecule has 0 unspecified atom stereocenters. The number of nitrogens with one attached hydrogen (secondary N) is 1. The number of aromatic nitrogens is 3. The Hall–Kier alpha value is -2.75. The van der Waals surface area contributed by atoms with Crippen LogP contribution in [0, 0.1) is 0 Å². The molecule has 4 rings (SSSR count). The minimum atomic E-state index is -3.58. The molecule has 1 saturated heterocycles. The molecule has 0 aliphatic carbocycles. The quantitative estimate of drug-likeness (QED) is 0.676. The molecule has 0 spiro atoms. The van der Waals surface area contributed by atoms with Crippen LogP contribution < -0.4 is 5.56 Å². The van der Waals surface area contributed by atoms with Crippen LogP contribution in [-0.2, 0) is 16.4 Å². The highest BCUT2D eigenvalue weighted by molar-refractivity contribution is 7.89. The molecule has 1 aromatic carbocycles. The first-order valence-electron chi connectivity index (χ1n) is 9.43. The van der Waals surface area contributed by atoms with Crippen molar-refractivity contribution in [3.05, 3.63) is 76.3 Å². The first kappa shape index (κ1) is 19.6. The van der Waals surface area contributed by atoms with E-state index in [0.29, 0.717) is 44.0 Å². The maximum atomic E-state index is 12.8. The Bertz CT molecular complexity index is 1130. The zero-order valence-electron chi connectivity index (χ0n) is 16.2. The van der Waals surface area contributed by atoms with E-state index in [1.165, 1.54) is 21.3 Å². The monoisotopic (exact) mass is 413 g/mol. The summed E-state index contributed by atoms with van der Waals surface area (Å²) in [7, 11) is -1.61. The Morgan fingerprint density at radius 1 is 1.03 bits per heavy atom. The summed E-state index contributed by atoms with van der Waals surface area (Å²) in [4.78, 5) is 19.1. The van der Waals surface area contributed by atoms with Crippen LogP contribution in [0.4, 0.5) is 0 Å². The number of H-pyrrole nitrogens is 1. The van der Waals surface area contributed by atoms with Gasteiger partial charge in [0.2, 0.25) is 10.0 Å². The van der Waals surface area contributed by atoms with Gasteiger partial charge < -0.3 is 4.90 Å². The lowest BCUT2D eigenvalue weighted by atomic mass is 10.1. The summed E-state index contributed by atoms with van der Waals surface area (Å²) in [5.41, 5.74) is 1.46. The molecule has 3 heterocycles. The smallest absolute Gasteiger partial charge is 0.276 e. The SMILES string of the molecule is CN1CCN(S(=O)(=O)c2ccc(-n3[nH]cc(Cc4ccccc4)c3=O)nc2)CC1. The van der Waals surface area contributed by atoms with Crippen molar-refractivity contribution in [3.63, 3.8) is 0 Å². The van der Waals surface area contributed by atoms with E-state index in [1.54, 1.807) is 12.3 Å². The number of piperazine rings is 1. The molecule has 8 nitrogen and oxygen atoms in total. The Morgan fingerprint density at radius 3 is 2.41 bits per heavy atom. The highest BCUT2D eigenvalue weighted by atomic mass is 32.2. The maximum absolute atomic E-state index is 12.8. The van der Waals surface area contributed by atoms with Gasteiger partial charge in [0.25, 0.3) is 5.56 Å². The zero-order valence-corrected chi connectivity index (χ0v) is 17.0. The Labute approximate surface area is 169 Å². The summed E-state index contributed by atoms with van der Waals surface area (Å²) in [6.45, 7) is 2.32. The lowest BCUT2D eigenvalue weighted by Gasteiger charge is -2.31. The van der Waals surface area contributed by atoms with E-state index in [0.717, 1.165) is 5.56 Å². The molecule has 1 fully saturated rings. The van der Waals surface area contributed by atoms with Gasteiger partial charge in [-0.15, -0.1) is 0 Å². The van der Waals surface area contributed by atoms with Crippen LogP contribution in [-0.4, -0.2) is 65.6 Å². The molecule has 9 heteroatoms.